The van der Waals surface area contributed by atoms with Gasteiger partial charge in [-0.2, -0.15) is 0 Å². The second-order valence-corrected chi connectivity index (χ2v) is 14.8. The first-order chi connectivity index (χ1) is 32.4. The van der Waals surface area contributed by atoms with Crippen LogP contribution in [0.3, 0.4) is 0 Å². The van der Waals surface area contributed by atoms with E-state index in [4.69, 9.17) is 13.7 Å². The molecule has 0 fully saturated rings. The summed E-state index contributed by atoms with van der Waals surface area (Å²) in [6, 6.07) is 38.1. The Morgan fingerprint density at radius 1 is 0.404 bits per heavy atom. The van der Waals surface area contributed by atoms with Crippen molar-refractivity contribution in [3.05, 3.63) is 188 Å². The lowest BCUT2D eigenvalue weighted by atomic mass is 10.1. The minimum absolute atomic E-state index is 0.0132. The summed E-state index contributed by atoms with van der Waals surface area (Å²) in [6.45, 7) is 0. The van der Waals surface area contributed by atoms with Gasteiger partial charge in [-0.05, 0) is 54.6 Å². The van der Waals surface area contributed by atoms with E-state index in [1.807, 2.05) is 24.3 Å². The van der Waals surface area contributed by atoms with Crippen LogP contribution in [0.2, 0.25) is 0 Å². The molecule has 0 atom stereocenters. The van der Waals surface area contributed by atoms with Crippen molar-refractivity contribution >= 4 is 75.1 Å². The van der Waals surface area contributed by atoms with Crippen molar-refractivity contribution < 1.29 is 13.7 Å². The van der Waals surface area contributed by atoms with Gasteiger partial charge in [0.25, 0.3) is 0 Å². The van der Waals surface area contributed by atoms with Crippen LogP contribution in [-0.4, -0.2) is 24.1 Å². The summed E-state index contributed by atoms with van der Waals surface area (Å²) in [7, 11) is 0. The molecule has 5 nitrogen and oxygen atoms in total. The lowest BCUT2D eigenvalue weighted by Crippen LogP contribution is -2.00. The maximum absolute atomic E-state index is 8.73. The molecule has 0 aliphatic rings. The quantitative estimate of drug-likeness (QED) is 0.176. The average Bonchev–Trinajstić information content (AvgIpc) is 4.00. The molecule has 0 N–H and O–H groups in total. The molecule has 57 heavy (non-hydrogen) atoms. The SMILES string of the molecule is [2H]c1c([2H])c([2H])c(-c2nc(-c3ccc4c(c3)sc3cccc(-n5c6ccccc6c6cc7c(cc65)c5ccccc5n7-c5ccccc5)c34)nc(-c3c([2H])c([2H])c([2H])c([2H])c3[2H])n2)c([2H])c1[2H]. The number of rotatable bonds is 5. The zero-order valence-electron chi connectivity index (χ0n) is 39.8. The fourth-order valence-corrected chi connectivity index (χ4v) is 9.30. The Hall–Kier alpha value is -7.41. The van der Waals surface area contributed by atoms with E-state index in [2.05, 4.69) is 127 Å². The van der Waals surface area contributed by atoms with Gasteiger partial charge in [-0.1, -0.05) is 133 Å². The first-order valence-electron chi connectivity index (χ1n) is 23.3. The Kier molecular flexibility index (Phi) is 5.18. The fourth-order valence-electron chi connectivity index (χ4n) is 8.13. The van der Waals surface area contributed by atoms with Crippen molar-refractivity contribution in [2.75, 3.05) is 0 Å². The highest BCUT2D eigenvalue weighted by atomic mass is 32.1. The molecule has 8 aromatic carbocycles. The second kappa shape index (κ2) is 12.6. The lowest BCUT2D eigenvalue weighted by molar-refractivity contribution is 1.07. The number of para-hydroxylation sites is 3. The molecular weight excluding hydrogens is 715 g/mol. The van der Waals surface area contributed by atoms with Gasteiger partial charge < -0.3 is 9.13 Å². The molecule has 0 saturated heterocycles. The zero-order valence-corrected chi connectivity index (χ0v) is 30.6. The Labute approximate surface area is 345 Å². The predicted octanol–water partition coefficient (Wildman–Crippen LogP) is 13.4. The number of fused-ring (bicyclic) bond motifs is 9. The Bertz CT molecular complexity index is 3980. The third kappa shape index (κ3) is 4.98. The molecule has 0 aliphatic heterocycles. The van der Waals surface area contributed by atoms with Gasteiger partial charge in [0.05, 0.1) is 41.5 Å². The van der Waals surface area contributed by atoms with E-state index >= 15 is 0 Å². The van der Waals surface area contributed by atoms with E-state index in [0.717, 1.165) is 75.2 Å². The molecule has 0 aliphatic carbocycles. The van der Waals surface area contributed by atoms with Crippen molar-refractivity contribution in [2.24, 2.45) is 0 Å². The minimum atomic E-state index is -0.601. The molecule has 6 heteroatoms. The van der Waals surface area contributed by atoms with E-state index in [1.165, 1.54) is 0 Å². The second-order valence-electron chi connectivity index (χ2n) is 13.7. The van der Waals surface area contributed by atoms with Crippen LogP contribution in [0.15, 0.2) is 188 Å². The van der Waals surface area contributed by atoms with E-state index in [0.29, 0.717) is 5.56 Å². The Morgan fingerprint density at radius 3 is 1.61 bits per heavy atom. The number of benzene rings is 8. The summed E-state index contributed by atoms with van der Waals surface area (Å²) in [4.78, 5) is 13.8. The van der Waals surface area contributed by atoms with Gasteiger partial charge in [-0.3, -0.25) is 0 Å². The zero-order chi connectivity index (χ0) is 46.2. The molecule has 0 radical (unpaired) electrons. The van der Waals surface area contributed by atoms with Crippen LogP contribution in [0.1, 0.15) is 13.7 Å². The van der Waals surface area contributed by atoms with Crippen LogP contribution in [-0.2, 0) is 0 Å². The molecule has 12 aromatic rings. The largest absolute Gasteiger partial charge is 0.309 e. The number of nitrogens with zero attached hydrogens (tertiary/aromatic N) is 5. The maximum atomic E-state index is 8.73. The van der Waals surface area contributed by atoms with Gasteiger partial charge >= 0.3 is 0 Å². The summed E-state index contributed by atoms with van der Waals surface area (Å²) in [5.41, 5.74) is 6.24. The van der Waals surface area contributed by atoms with E-state index < -0.39 is 60.4 Å². The maximum Gasteiger partial charge on any atom is 0.164 e. The predicted molar refractivity (Wildman–Crippen MR) is 238 cm³/mol. The molecule has 4 aromatic heterocycles. The molecule has 12 rings (SSSR count). The van der Waals surface area contributed by atoms with Gasteiger partial charge in [-0.25, -0.2) is 15.0 Å². The number of aromatic nitrogens is 5. The van der Waals surface area contributed by atoms with E-state index in [1.54, 1.807) is 11.3 Å². The molecule has 4 heterocycles. The van der Waals surface area contributed by atoms with Crippen molar-refractivity contribution in [1.29, 1.82) is 0 Å². The summed E-state index contributed by atoms with van der Waals surface area (Å²) >= 11 is 1.57. The molecule has 0 unspecified atom stereocenters. The van der Waals surface area contributed by atoms with Gasteiger partial charge in [0.2, 0.25) is 0 Å². The highest BCUT2D eigenvalue weighted by Gasteiger charge is 2.21. The number of hydrogen-bond donors (Lipinski definition) is 0. The van der Waals surface area contributed by atoms with Gasteiger partial charge in [0, 0.05) is 64.1 Å². The van der Waals surface area contributed by atoms with E-state index in [9.17, 15) is 0 Å². The van der Waals surface area contributed by atoms with Crippen molar-refractivity contribution in [3.63, 3.8) is 0 Å². The smallest absolute Gasteiger partial charge is 0.164 e. The van der Waals surface area contributed by atoms with E-state index in [-0.39, 0.29) is 28.6 Å². The summed E-state index contributed by atoms with van der Waals surface area (Å²) < 4.78 is 91.3. The van der Waals surface area contributed by atoms with Crippen LogP contribution in [0.4, 0.5) is 0 Å². The van der Waals surface area contributed by atoms with Gasteiger partial charge in [-0.15, -0.1) is 11.3 Å². The van der Waals surface area contributed by atoms with Crippen molar-refractivity contribution in [1.82, 2.24) is 24.1 Å². The average molecular weight is 756 g/mol. The van der Waals surface area contributed by atoms with Crippen molar-refractivity contribution in [2.45, 2.75) is 0 Å². The standard InChI is InChI=1S/C51H31N5S/c1-4-15-32(16-5-1)49-52-50(33-17-6-2-7-18-33)54-51(53-49)34-27-28-38-47(29-34)57-46-26-14-25-43(48(38)46)56-42-24-13-11-22-37(42)40-30-44-39(31-45(40)56)36-21-10-12-23-41(36)55(44)35-19-8-3-9-20-35/h1-31H/i1D,2D,4D,5D,6D,7D,15D,16D,17D,18D. The third-order valence-corrected chi connectivity index (χ3v) is 11.7. The minimum Gasteiger partial charge on any atom is -0.309 e. The first-order valence-corrected chi connectivity index (χ1v) is 19.1. The highest BCUT2D eigenvalue weighted by Crippen LogP contribution is 2.44. The van der Waals surface area contributed by atoms with Crippen LogP contribution in [0.25, 0.3) is 109 Å². The van der Waals surface area contributed by atoms with Crippen LogP contribution >= 0.6 is 11.3 Å². The Balaban J connectivity index is 1.09. The van der Waals surface area contributed by atoms with Crippen LogP contribution in [0.5, 0.6) is 0 Å². The number of hydrogen-bond acceptors (Lipinski definition) is 4. The molecule has 266 valence electrons. The van der Waals surface area contributed by atoms with Crippen LogP contribution < -0.4 is 0 Å². The first kappa shape index (κ1) is 23.5. The molecule has 0 saturated carbocycles. The van der Waals surface area contributed by atoms with Crippen molar-refractivity contribution in [3.8, 4) is 45.5 Å². The fraction of sp³-hybridized carbons (Fsp3) is 0. The number of thiophene rings is 1. The highest BCUT2D eigenvalue weighted by molar-refractivity contribution is 7.26. The summed E-state index contributed by atoms with van der Waals surface area (Å²) in [5.74, 6) is -0.607. The summed E-state index contributed by atoms with van der Waals surface area (Å²) in [5, 5.41) is 6.49. The molecular formula is C51H31N5S. The topological polar surface area (TPSA) is 48.5 Å². The Morgan fingerprint density at radius 2 is 0.965 bits per heavy atom. The van der Waals surface area contributed by atoms with Crippen LogP contribution in [0, 0.1) is 0 Å². The normalized spacial score (nSPS) is 14.3. The summed E-state index contributed by atoms with van der Waals surface area (Å²) in [6.07, 6.45) is 0. The van der Waals surface area contributed by atoms with Gasteiger partial charge in [0.15, 0.2) is 17.5 Å². The molecule has 0 bridgehead atoms. The molecule has 0 amide bonds. The van der Waals surface area contributed by atoms with Gasteiger partial charge in [0.1, 0.15) is 0 Å². The lowest BCUT2D eigenvalue weighted by Gasteiger charge is -2.11. The monoisotopic (exact) mass is 755 g/mol. The molecule has 0 spiro atoms. The third-order valence-electron chi connectivity index (χ3n) is 10.5.